The molecule has 0 bridgehead atoms. The maximum Gasteiger partial charge on any atom is 0.275 e. The van der Waals surface area contributed by atoms with Gasteiger partial charge in [0.05, 0.1) is 6.20 Å². The van der Waals surface area contributed by atoms with Gasteiger partial charge < -0.3 is 16.2 Å². The number of nitrogens with two attached hydrogens (primary N) is 2. The van der Waals surface area contributed by atoms with Gasteiger partial charge in [0, 0.05) is 11.8 Å². The predicted molar refractivity (Wildman–Crippen MR) is 90.0 cm³/mol. The molecule has 0 aliphatic rings. The minimum absolute atomic E-state index is 0.251. The second-order valence-corrected chi connectivity index (χ2v) is 4.98. The third-order valence-electron chi connectivity index (χ3n) is 3.01. The lowest BCUT2D eigenvalue weighted by molar-refractivity contribution is -0.114. The molecule has 4 N–H and O–H groups in total. The fourth-order valence-corrected chi connectivity index (χ4v) is 1.93. The molecule has 0 fully saturated rings. The Balaban J connectivity index is 2.19. The van der Waals surface area contributed by atoms with E-state index in [0.717, 1.165) is 16.9 Å². The smallest absolute Gasteiger partial charge is 0.275 e. The summed E-state index contributed by atoms with van der Waals surface area (Å²) >= 11 is 0. The maximum atomic E-state index is 11.7. The monoisotopic (exact) mass is 310 g/mol. The first-order valence-corrected chi connectivity index (χ1v) is 6.96. The van der Waals surface area contributed by atoms with Crippen LogP contribution in [0, 0.1) is 6.92 Å². The van der Waals surface area contributed by atoms with Gasteiger partial charge in [0.25, 0.3) is 5.91 Å². The number of ether oxygens (including phenoxy) is 1. The van der Waals surface area contributed by atoms with E-state index in [1.807, 2.05) is 31.2 Å². The quantitative estimate of drug-likeness (QED) is 0.512. The summed E-state index contributed by atoms with van der Waals surface area (Å²) in [6.07, 6.45) is 5.05. The van der Waals surface area contributed by atoms with Crippen LogP contribution in [0.2, 0.25) is 0 Å². The van der Waals surface area contributed by atoms with Crippen LogP contribution < -0.4 is 16.2 Å². The molecular formula is C17H18N4O2. The summed E-state index contributed by atoms with van der Waals surface area (Å²) in [6, 6.07) is 9.24. The van der Waals surface area contributed by atoms with Gasteiger partial charge in [0.1, 0.15) is 11.5 Å². The maximum absolute atomic E-state index is 11.7. The van der Waals surface area contributed by atoms with Crippen molar-refractivity contribution in [1.82, 2.24) is 4.98 Å². The number of hydrogen-bond donors (Lipinski definition) is 2. The number of aliphatic imine (C=N–C) groups is 1. The fourth-order valence-electron chi connectivity index (χ4n) is 1.93. The van der Waals surface area contributed by atoms with E-state index in [2.05, 4.69) is 9.98 Å². The Labute approximate surface area is 134 Å². The fraction of sp³-hybridized carbons (Fsp3) is 0.118. The zero-order chi connectivity index (χ0) is 16.8. The highest BCUT2D eigenvalue weighted by Crippen LogP contribution is 2.25. The summed E-state index contributed by atoms with van der Waals surface area (Å²) < 4.78 is 5.76. The Hall–Kier alpha value is -3.15. The Morgan fingerprint density at radius 3 is 2.70 bits per heavy atom. The standard InChI is InChI=1S/C17H18N4O2/c1-11-8-13(9-12(2)16(22)21-17(18)19)5-6-15(11)23-14-4-3-7-20-10-14/h3-10H,1-2H3,(H4,18,19,21,22)/b12-9+. The second kappa shape index (κ2) is 7.22. The van der Waals surface area contributed by atoms with Crippen molar-refractivity contribution in [3.8, 4) is 11.5 Å². The summed E-state index contributed by atoms with van der Waals surface area (Å²) in [4.78, 5) is 19.2. The molecule has 118 valence electrons. The van der Waals surface area contributed by atoms with E-state index in [1.165, 1.54) is 0 Å². The van der Waals surface area contributed by atoms with Gasteiger partial charge in [-0.2, -0.15) is 4.99 Å². The Morgan fingerprint density at radius 1 is 1.30 bits per heavy atom. The number of guanidine groups is 1. The SMILES string of the molecule is C/C(=C\c1ccc(Oc2cccnc2)c(C)c1)C(=O)N=C(N)N. The molecule has 1 amide bonds. The highest BCUT2D eigenvalue weighted by Gasteiger charge is 2.05. The second-order valence-electron chi connectivity index (χ2n) is 4.98. The van der Waals surface area contributed by atoms with Crippen molar-refractivity contribution in [2.75, 3.05) is 0 Å². The van der Waals surface area contributed by atoms with Gasteiger partial charge in [0.15, 0.2) is 5.96 Å². The number of aromatic nitrogens is 1. The Kier molecular flexibility index (Phi) is 5.09. The lowest BCUT2D eigenvalue weighted by atomic mass is 10.1. The van der Waals surface area contributed by atoms with Gasteiger partial charge in [-0.05, 0) is 55.3 Å². The first-order chi connectivity index (χ1) is 11.0. The van der Waals surface area contributed by atoms with E-state index < -0.39 is 5.91 Å². The number of pyridine rings is 1. The van der Waals surface area contributed by atoms with E-state index in [4.69, 9.17) is 16.2 Å². The lowest BCUT2D eigenvalue weighted by Crippen LogP contribution is -2.24. The van der Waals surface area contributed by atoms with E-state index in [0.29, 0.717) is 11.3 Å². The van der Waals surface area contributed by atoms with Crippen LogP contribution in [0.3, 0.4) is 0 Å². The third kappa shape index (κ3) is 4.67. The summed E-state index contributed by atoms with van der Waals surface area (Å²) in [6.45, 7) is 3.58. The van der Waals surface area contributed by atoms with Gasteiger partial charge in [-0.15, -0.1) is 0 Å². The number of carbonyl (C=O) groups excluding carboxylic acids is 1. The van der Waals surface area contributed by atoms with Crippen molar-refractivity contribution >= 4 is 17.9 Å². The molecule has 0 aliphatic carbocycles. The molecule has 1 aromatic heterocycles. The van der Waals surface area contributed by atoms with Crippen molar-refractivity contribution in [3.05, 3.63) is 59.4 Å². The number of aryl methyl sites for hydroxylation is 1. The van der Waals surface area contributed by atoms with Crippen molar-refractivity contribution in [2.24, 2.45) is 16.5 Å². The summed E-state index contributed by atoms with van der Waals surface area (Å²) in [5.74, 6) is 0.679. The van der Waals surface area contributed by atoms with E-state index in [1.54, 1.807) is 31.5 Å². The molecule has 1 heterocycles. The average Bonchev–Trinajstić information content (AvgIpc) is 2.50. The van der Waals surface area contributed by atoms with Crippen LogP contribution in [0.5, 0.6) is 11.5 Å². The molecule has 2 aromatic rings. The first kappa shape index (κ1) is 16.2. The van der Waals surface area contributed by atoms with Crippen LogP contribution in [0.1, 0.15) is 18.1 Å². The zero-order valence-electron chi connectivity index (χ0n) is 13.0. The molecule has 0 saturated heterocycles. The van der Waals surface area contributed by atoms with Crippen LogP contribution in [0.15, 0.2) is 53.3 Å². The summed E-state index contributed by atoms with van der Waals surface area (Å²) in [7, 11) is 0. The van der Waals surface area contributed by atoms with E-state index in [9.17, 15) is 4.79 Å². The molecule has 0 aliphatic heterocycles. The summed E-state index contributed by atoms with van der Waals surface area (Å²) in [5, 5.41) is 0. The van der Waals surface area contributed by atoms with E-state index in [-0.39, 0.29) is 5.96 Å². The van der Waals surface area contributed by atoms with Crippen LogP contribution in [-0.4, -0.2) is 16.9 Å². The molecule has 2 rings (SSSR count). The number of carbonyl (C=O) groups is 1. The lowest BCUT2D eigenvalue weighted by Gasteiger charge is -2.09. The largest absolute Gasteiger partial charge is 0.455 e. The van der Waals surface area contributed by atoms with Crippen LogP contribution in [0.25, 0.3) is 6.08 Å². The van der Waals surface area contributed by atoms with Gasteiger partial charge in [-0.1, -0.05) is 6.07 Å². The molecule has 0 atom stereocenters. The van der Waals surface area contributed by atoms with Crippen LogP contribution in [-0.2, 0) is 4.79 Å². The zero-order valence-corrected chi connectivity index (χ0v) is 13.0. The van der Waals surface area contributed by atoms with Crippen molar-refractivity contribution < 1.29 is 9.53 Å². The number of rotatable bonds is 4. The van der Waals surface area contributed by atoms with Gasteiger partial charge in [-0.25, -0.2) is 0 Å². The Morgan fingerprint density at radius 2 is 2.09 bits per heavy atom. The average molecular weight is 310 g/mol. The minimum Gasteiger partial charge on any atom is -0.455 e. The third-order valence-corrected chi connectivity index (χ3v) is 3.01. The molecule has 0 radical (unpaired) electrons. The topological polar surface area (TPSA) is 104 Å². The molecule has 6 heteroatoms. The normalized spacial score (nSPS) is 11.0. The molecule has 1 aromatic carbocycles. The van der Waals surface area contributed by atoms with E-state index >= 15 is 0 Å². The molecular weight excluding hydrogens is 292 g/mol. The molecule has 0 unspecified atom stereocenters. The number of nitrogens with zero attached hydrogens (tertiary/aromatic N) is 2. The highest BCUT2D eigenvalue weighted by molar-refractivity contribution is 6.03. The van der Waals surface area contributed by atoms with Gasteiger partial charge in [0.2, 0.25) is 0 Å². The van der Waals surface area contributed by atoms with Gasteiger partial charge in [-0.3, -0.25) is 9.78 Å². The number of hydrogen-bond acceptors (Lipinski definition) is 3. The van der Waals surface area contributed by atoms with Crippen molar-refractivity contribution in [3.63, 3.8) is 0 Å². The van der Waals surface area contributed by atoms with Crippen molar-refractivity contribution in [1.29, 1.82) is 0 Å². The molecule has 0 saturated carbocycles. The van der Waals surface area contributed by atoms with Crippen LogP contribution in [0.4, 0.5) is 0 Å². The van der Waals surface area contributed by atoms with Gasteiger partial charge >= 0.3 is 0 Å². The summed E-state index contributed by atoms with van der Waals surface area (Å²) in [5.41, 5.74) is 12.6. The van der Waals surface area contributed by atoms with Crippen LogP contribution >= 0.6 is 0 Å². The molecule has 6 nitrogen and oxygen atoms in total. The predicted octanol–water partition coefficient (Wildman–Crippen LogP) is 2.39. The number of benzene rings is 1. The molecule has 0 spiro atoms. The van der Waals surface area contributed by atoms with Crippen molar-refractivity contribution in [2.45, 2.75) is 13.8 Å². The molecule has 23 heavy (non-hydrogen) atoms. The number of amides is 1. The first-order valence-electron chi connectivity index (χ1n) is 6.96. The Bertz CT molecular complexity index is 763. The highest BCUT2D eigenvalue weighted by atomic mass is 16.5. The minimum atomic E-state index is -0.460.